The summed E-state index contributed by atoms with van der Waals surface area (Å²) in [6, 6.07) is 7.01. The molecule has 0 spiro atoms. The fourth-order valence-electron chi connectivity index (χ4n) is 0.971. The Morgan fingerprint density at radius 1 is 1.21 bits per heavy atom. The molecule has 0 aliphatic rings. The topological polar surface area (TPSA) is 47.9 Å². The van der Waals surface area contributed by atoms with Crippen molar-refractivity contribution >= 4 is 9.53 Å². The predicted octanol–water partition coefficient (Wildman–Crippen LogP) is 1.19. The van der Waals surface area contributed by atoms with Crippen molar-refractivity contribution in [1.82, 2.24) is 0 Å². The highest BCUT2D eigenvalue weighted by Crippen LogP contribution is 2.16. The summed E-state index contributed by atoms with van der Waals surface area (Å²) in [6.45, 7) is 0.294. The molecule has 4 nitrogen and oxygen atoms in total. The second-order valence-corrected chi connectivity index (χ2v) is 4.18. The Morgan fingerprint density at radius 3 is 2.43 bits per heavy atom. The van der Waals surface area contributed by atoms with Gasteiger partial charge in [0, 0.05) is 19.8 Å². The standard InChI is InChI=1S/C9H13O4Si/c1-11-14(12-2)13-7-8-5-3-4-6-9(8)10/h3-6,10H,7H2,1-2H3. The van der Waals surface area contributed by atoms with Gasteiger partial charge in [-0.25, -0.2) is 0 Å². The van der Waals surface area contributed by atoms with Gasteiger partial charge in [0.15, 0.2) is 0 Å². The SMILES string of the molecule is CO[Si](OC)OCc1ccccc1O. The number of para-hydroxylation sites is 1. The maximum atomic E-state index is 9.42. The molecule has 1 rings (SSSR count). The monoisotopic (exact) mass is 213 g/mol. The molecule has 0 unspecified atom stereocenters. The molecule has 1 N–H and O–H groups in total. The van der Waals surface area contributed by atoms with E-state index in [-0.39, 0.29) is 5.75 Å². The van der Waals surface area contributed by atoms with Crippen molar-refractivity contribution < 1.29 is 18.4 Å². The third-order valence-electron chi connectivity index (χ3n) is 1.67. The third kappa shape index (κ3) is 3.11. The molecule has 0 aromatic heterocycles. The van der Waals surface area contributed by atoms with Crippen LogP contribution in [0.3, 0.4) is 0 Å². The van der Waals surface area contributed by atoms with Gasteiger partial charge in [0.25, 0.3) is 0 Å². The van der Waals surface area contributed by atoms with Crippen LogP contribution < -0.4 is 0 Å². The van der Waals surface area contributed by atoms with Crippen LogP contribution >= 0.6 is 0 Å². The first kappa shape index (κ1) is 11.2. The molecule has 1 aromatic rings. The van der Waals surface area contributed by atoms with Crippen LogP contribution in [0.5, 0.6) is 5.75 Å². The second-order valence-electron chi connectivity index (χ2n) is 2.58. The van der Waals surface area contributed by atoms with Gasteiger partial charge in [-0.05, 0) is 6.07 Å². The van der Waals surface area contributed by atoms with Gasteiger partial charge < -0.3 is 18.4 Å². The van der Waals surface area contributed by atoms with Crippen LogP contribution in [0.2, 0.25) is 0 Å². The van der Waals surface area contributed by atoms with Gasteiger partial charge >= 0.3 is 9.53 Å². The van der Waals surface area contributed by atoms with E-state index in [1.54, 1.807) is 18.2 Å². The van der Waals surface area contributed by atoms with E-state index >= 15 is 0 Å². The van der Waals surface area contributed by atoms with Crippen molar-refractivity contribution in [3.05, 3.63) is 29.8 Å². The molecular weight excluding hydrogens is 200 g/mol. The van der Waals surface area contributed by atoms with E-state index in [9.17, 15) is 5.11 Å². The van der Waals surface area contributed by atoms with E-state index in [1.165, 1.54) is 14.2 Å². The average Bonchev–Trinajstić information content (AvgIpc) is 2.22. The van der Waals surface area contributed by atoms with Gasteiger partial charge in [-0.3, -0.25) is 0 Å². The lowest BCUT2D eigenvalue weighted by Gasteiger charge is -2.10. The Balaban J connectivity index is 2.49. The summed E-state index contributed by atoms with van der Waals surface area (Å²) in [5.41, 5.74) is 0.726. The van der Waals surface area contributed by atoms with E-state index in [4.69, 9.17) is 13.3 Å². The Hall–Kier alpha value is -0.883. The smallest absolute Gasteiger partial charge is 0.508 e. The number of hydrogen-bond acceptors (Lipinski definition) is 4. The zero-order valence-electron chi connectivity index (χ0n) is 8.19. The van der Waals surface area contributed by atoms with Crippen LogP contribution in [0.4, 0.5) is 0 Å². The third-order valence-corrected chi connectivity index (χ3v) is 2.72. The summed E-state index contributed by atoms with van der Waals surface area (Å²) in [6.07, 6.45) is 0. The van der Waals surface area contributed by atoms with Gasteiger partial charge in [0.05, 0.1) is 6.61 Å². The molecule has 14 heavy (non-hydrogen) atoms. The van der Waals surface area contributed by atoms with E-state index in [0.717, 1.165) is 5.56 Å². The molecular formula is C9H13O4Si. The minimum Gasteiger partial charge on any atom is -0.508 e. The molecule has 0 saturated heterocycles. The maximum Gasteiger partial charge on any atom is 0.577 e. The summed E-state index contributed by atoms with van der Waals surface area (Å²) in [5.74, 6) is 0.223. The lowest BCUT2D eigenvalue weighted by molar-refractivity contribution is 0.127. The molecule has 0 bridgehead atoms. The quantitative estimate of drug-likeness (QED) is 0.746. The Morgan fingerprint density at radius 2 is 1.86 bits per heavy atom. The van der Waals surface area contributed by atoms with Crippen LogP contribution in [0, 0.1) is 0 Å². The highest BCUT2D eigenvalue weighted by Gasteiger charge is 2.15. The number of rotatable bonds is 5. The first-order valence-corrected chi connectivity index (χ1v) is 5.35. The second kappa shape index (κ2) is 5.76. The normalized spacial score (nSPS) is 10.8. The number of phenolic OH excluding ortho intramolecular Hbond substituents is 1. The van der Waals surface area contributed by atoms with Crippen molar-refractivity contribution in [2.45, 2.75) is 6.61 Å². The van der Waals surface area contributed by atoms with E-state index < -0.39 is 9.53 Å². The van der Waals surface area contributed by atoms with Crippen molar-refractivity contribution in [3.8, 4) is 5.75 Å². The van der Waals surface area contributed by atoms with E-state index in [0.29, 0.717) is 6.61 Å². The summed E-state index contributed by atoms with van der Waals surface area (Å²) in [5, 5.41) is 9.42. The number of hydrogen-bond donors (Lipinski definition) is 1. The minimum atomic E-state index is -1.65. The molecule has 0 fully saturated rings. The number of aromatic hydroxyl groups is 1. The first-order valence-electron chi connectivity index (χ1n) is 4.12. The van der Waals surface area contributed by atoms with Crippen LogP contribution in [-0.2, 0) is 19.9 Å². The lowest BCUT2D eigenvalue weighted by Crippen LogP contribution is -2.23. The Labute approximate surface area is 85.0 Å². The summed E-state index contributed by atoms with van der Waals surface area (Å²) in [4.78, 5) is 0. The van der Waals surface area contributed by atoms with Gasteiger partial charge in [0.1, 0.15) is 5.75 Å². The summed E-state index contributed by atoms with van der Waals surface area (Å²) in [7, 11) is 1.41. The molecule has 5 heteroatoms. The van der Waals surface area contributed by atoms with Crippen molar-refractivity contribution in [3.63, 3.8) is 0 Å². The molecule has 0 aliphatic heterocycles. The fourth-order valence-corrected chi connectivity index (χ4v) is 1.65. The largest absolute Gasteiger partial charge is 0.577 e. The first-order chi connectivity index (χ1) is 6.77. The highest BCUT2D eigenvalue weighted by atomic mass is 28.3. The zero-order chi connectivity index (χ0) is 10.4. The minimum absolute atomic E-state index is 0.223. The summed E-state index contributed by atoms with van der Waals surface area (Å²) < 4.78 is 15.2. The van der Waals surface area contributed by atoms with Gasteiger partial charge in [-0.2, -0.15) is 0 Å². The zero-order valence-corrected chi connectivity index (χ0v) is 9.19. The lowest BCUT2D eigenvalue weighted by atomic mass is 10.2. The van der Waals surface area contributed by atoms with Crippen molar-refractivity contribution in [2.75, 3.05) is 14.2 Å². The van der Waals surface area contributed by atoms with Crippen molar-refractivity contribution in [2.24, 2.45) is 0 Å². The van der Waals surface area contributed by atoms with Crippen LogP contribution in [0.25, 0.3) is 0 Å². The van der Waals surface area contributed by atoms with Crippen LogP contribution in [-0.4, -0.2) is 28.9 Å². The molecule has 0 amide bonds. The molecule has 77 valence electrons. The predicted molar refractivity (Wildman–Crippen MR) is 52.7 cm³/mol. The van der Waals surface area contributed by atoms with Crippen molar-refractivity contribution in [1.29, 1.82) is 0 Å². The van der Waals surface area contributed by atoms with Crippen LogP contribution in [0.1, 0.15) is 5.56 Å². The summed E-state index contributed by atoms with van der Waals surface area (Å²) >= 11 is 0. The number of benzene rings is 1. The van der Waals surface area contributed by atoms with E-state index in [1.807, 2.05) is 6.07 Å². The molecule has 0 saturated carbocycles. The Kier molecular flexibility index (Phi) is 4.61. The average molecular weight is 213 g/mol. The van der Waals surface area contributed by atoms with Gasteiger partial charge in [-0.1, -0.05) is 18.2 Å². The van der Waals surface area contributed by atoms with E-state index in [2.05, 4.69) is 0 Å². The van der Waals surface area contributed by atoms with Crippen LogP contribution in [0.15, 0.2) is 24.3 Å². The highest BCUT2D eigenvalue weighted by molar-refractivity contribution is 6.36. The Bertz CT molecular complexity index is 275. The molecule has 1 radical (unpaired) electrons. The molecule has 0 atom stereocenters. The molecule has 0 heterocycles. The fraction of sp³-hybridized carbons (Fsp3) is 0.333. The molecule has 0 aliphatic carbocycles. The van der Waals surface area contributed by atoms with Gasteiger partial charge in [0.2, 0.25) is 0 Å². The molecule has 1 aromatic carbocycles. The number of phenols is 1. The van der Waals surface area contributed by atoms with Gasteiger partial charge in [-0.15, -0.1) is 0 Å². The maximum absolute atomic E-state index is 9.42.